The minimum absolute atomic E-state index is 0.178. The highest BCUT2D eigenvalue weighted by Crippen LogP contribution is 2.17. The zero-order chi connectivity index (χ0) is 16.9. The summed E-state index contributed by atoms with van der Waals surface area (Å²) in [5.41, 5.74) is 0.00268. The van der Waals surface area contributed by atoms with Crippen molar-refractivity contribution in [2.75, 3.05) is 19.6 Å². The highest BCUT2D eigenvalue weighted by Gasteiger charge is 2.25. The van der Waals surface area contributed by atoms with Crippen molar-refractivity contribution < 1.29 is 14.0 Å². The van der Waals surface area contributed by atoms with Crippen LogP contribution in [-0.2, 0) is 0 Å². The Hall–Kier alpha value is -2.83. The van der Waals surface area contributed by atoms with Crippen LogP contribution in [0.15, 0.2) is 45.8 Å². The van der Waals surface area contributed by atoms with Crippen LogP contribution in [0.4, 0.5) is 0 Å². The lowest BCUT2D eigenvalue weighted by atomic mass is 9.97. The van der Waals surface area contributed by atoms with Crippen molar-refractivity contribution in [1.29, 1.82) is 0 Å². The van der Waals surface area contributed by atoms with E-state index in [2.05, 4.69) is 10.3 Å². The number of piperidine rings is 1. The molecule has 3 rings (SSSR count). The summed E-state index contributed by atoms with van der Waals surface area (Å²) in [7, 11) is 0. The molecule has 24 heavy (non-hydrogen) atoms. The average Bonchev–Trinajstić information content (AvgIpc) is 3.14. The van der Waals surface area contributed by atoms with Crippen LogP contribution < -0.4 is 10.9 Å². The van der Waals surface area contributed by atoms with Gasteiger partial charge in [-0.05, 0) is 37.0 Å². The largest absolute Gasteiger partial charge is 0.459 e. The quantitative estimate of drug-likeness (QED) is 0.882. The molecule has 0 bridgehead atoms. The zero-order valence-electron chi connectivity index (χ0n) is 13.2. The van der Waals surface area contributed by atoms with E-state index >= 15 is 0 Å². The molecule has 0 spiro atoms. The van der Waals surface area contributed by atoms with Crippen LogP contribution in [0.2, 0.25) is 0 Å². The summed E-state index contributed by atoms with van der Waals surface area (Å²) in [4.78, 5) is 40.0. The van der Waals surface area contributed by atoms with Gasteiger partial charge in [-0.3, -0.25) is 14.4 Å². The van der Waals surface area contributed by atoms with Gasteiger partial charge in [-0.2, -0.15) is 0 Å². The number of H-pyrrole nitrogens is 1. The number of hydrogen-bond donors (Lipinski definition) is 2. The minimum atomic E-state index is -0.292. The molecule has 126 valence electrons. The molecule has 0 radical (unpaired) electrons. The van der Waals surface area contributed by atoms with Gasteiger partial charge in [-0.1, -0.05) is 6.07 Å². The lowest BCUT2D eigenvalue weighted by Crippen LogP contribution is -2.44. The van der Waals surface area contributed by atoms with Gasteiger partial charge < -0.3 is 19.6 Å². The summed E-state index contributed by atoms with van der Waals surface area (Å²) < 4.78 is 5.05. The molecule has 1 aliphatic rings. The van der Waals surface area contributed by atoms with E-state index < -0.39 is 0 Å². The third-order valence-electron chi connectivity index (χ3n) is 4.10. The normalized spacial score (nSPS) is 17.5. The van der Waals surface area contributed by atoms with E-state index in [4.69, 9.17) is 4.42 Å². The van der Waals surface area contributed by atoms with Crippen LogP contribution >= 0.6 is 0 Å². The first-order chi connectivity index (χ1) is 11.6. The zero-order valence-corrected chi connectivity index (χ0v) is 13.2. The van der Waals surface area contributed by atoms with Gasteiger partial charge >= 0.3 is 0 Å². The lowest BCUT2D eigenvalue weighted by molar-refractivity contribution is 0.0664. The average molecular weight is 329 g/mol. The van der Waals surface area contributed by atoms with Crippen molar-refractivity contribution in [2.24, 2.45) is 5.92 Å². The van der Waals surface area contributed by atoms with Gasteiger partial charge in [-0.25, -0.2) is 0 Å². The van der Waals surface area contributed by atoms with Crippen molar-refractivity contribution in [2.45, 2.75) is 12.8 Å². The molecule has 1 unspecified atom stereocenters. The van der Waals surface area contributed by atoms with Crippen molar-refractivity contribution in [3.05, 3.63) is 58.4 Å². The number of likely N-dealkylation sites (tertiary alicyclic amines) is 1. The Morgan fingerprint density at radius 2 is 2.17 bits per heavy atom. The van der Waals surface area contributed by atoms with E-state index in [1.165, 1.54) is 12.3 Å². The molecule has 2 aromatic heterocycles. The molecule has 1 saturated heterocycles. The summed E-state index contributed by atoms with van der Waals surface area (Å²) in [6.07, 6.45) is 3.26. The number of amides is 2. The maximum atomic E-state index is 12.5. The van der Waals surface area contributed by atoms with Crippen molar-refractivity contribution >= 4 is 11.8 Å². The predicted octanol–water partition coefficient (Wildman–Crippen LogP) is 1.25. The Bertz CT molecular complexity index is 766. The Balaban J connectivity index is 1.57. The number of aromatic amines is 1. The fraction of sp³-hybridized carbons (Fsp3) is 0.353. The number of rotatable bonds is 4. The standard InChI is InChI=1S/C17H19N3O4/c21-15-7-1-5-13(19-15)17(23)20-8-2-4-12(11-20)10-18-16(22)14-6-3-9-24-14/h1,3,5-7,9,12H,2,4,8,10-11H2,(H,18,22)(H,19,21). The summed E-state index contributed by atoms with van der Waals surface area (Å²) in [5, 5.41) is 2.83. The van der Waals surface area contributed by atoms with E-state index in [1.807, 2.05) is 0 Å². The van der Waals surface area contributed by atoms with E-state index in [0.717, 1.165) is 12.8 Å². The van der Waals surface area contributed by atoms with E-state index in [1.54, 1.807) is 29.2 Å². The van der Waals surface area contributed by atoms with Crippen LogP contribution in [0.3, 0.4) is 0 Å². The monoisotopic (exact) mass is 329 g/mol. The summed E-state index contributed by atoms with van der Waals surface area (Å²) >= 11 is 0. The van der Waals surface area contributed by atoms with E-state index in [9.17, 15) is 14.4 Å². The maximum Gasteiger partial charge on any atom is 0.286 e. The molecule has 0 saturated carbocycles. The van der Waals surface area contributed by atoms with Crippen LogP contribution in [-0.4, -0.2) is 41.3 Å². The van der Waals surface area contributed by atoms with Crippen molar-refractivity contribution in [1.82, 2.24) is 15.2 Å². The fourth-order valence-electron chi connectivity index (χ4n) is 2.89. The predicted molar refractivity (Wildman–Crippen MR) is 86.7 cm³/mol. The number of pyridine rings is 1. The van der Waals surface area contributed by atoms with Crippen molar-refractivity contribution in [3.63, 3.8) is 0 Å². The summed E-state index contributed by atoms with van der Waals surface area (Å²) in [5.74, 6) is 0.0169. The van der Waals surface area contributed by atoms with Gasteiger partial charge in [0.2, 0.25) is 5.56 Å². The van der Waals surface area contributed by atoms with Gasteiger partial charge in [0.1, 0.15) is 5.69 Å². The molecule has 0 aromatic carbocycles. The highest BCUT2D eigenvalue weighted by atomic mass is 16.3. The fourth-order valence-corrected chi connectivity index (χ4v) is 2.89. The second-order valence-electron chi connectivity index (χ2n) is 5.88. The molecule has 1 aliphatic heterocycles. The molecular weight excluding hydrogens is 310 g/mol. The van der Waals surface area contributed by atoms with E-state index in [0.29, 0.717) is 25.3 Å². The summed E-state index contributed by atoms with van der Waals surface area (Å²) in [6.45, 7) is 1.68. The highest BCUT2D eigenvalue weighted by molar-refractivity contribution is 5.92. The lowest BCUT2D eigenvalue weighted by Gasteiger charge is -2.32. The molecule has 2 amide bonds. The first kappa shape index (κ1) is 16.0. The van der Waals surface area contributed by atoms with Crippen LogP contribution in [0.25, 0.3) is 0 Å². The number of nitrogens with one attached hydrogen (secondary N) is 2. The number of furan rings is 1. The van der Waals surface area contributed by atoms with Crippen molar-refractivity contribution in [3.8, 4) is 0 Å². The third-order valence-corrected chi connectivity index (χ3v) is 4.10. The van der Waals surface area contributed by atoms with Crippen LogP contribution in [0.1, 0.15) is 33.9 Å². The van der Waals surface area contributed by atoms with Gasteiger partial charge in [0.05, 0.1) is 6.26 Å². The molecule has 7 heteroatoms. The number of carbonyl (C=O) groups excluding carboxylic acids is 2. The Labute approximate surface area is 138 Å². The van der Waals surface area contributed by atoms with Crippen LogP contribution in [0, 0.1) is 5.92 Å². The number of carbonyl (C=O) groups is 2. The molecule has 3 heterocycles. The Kier molecular flexibility index (Phi) is 4.79. The number of nitrogens with zero attached hydrogens (tertiary/aromatic N) is 1. The molecule has 7 nitrogen and oxygen atoms in total. The van der Waals surface area contributed by atoms with Gasteiger partial charge in [-0.15, -0.1) is 0 Å². The molecular formula is C17H19N3O4. The third kappa shape index (κ3) is 3.73. The number of aromatic nitrogens is 1. The smallest absolute Gasteiger partial charge is 0.286 e. The minimum Gasteiger partial charge on any atom is -0.459 e. The maximum absolute atomic E-state index is 12.5. The topological polar surface area (TPSA) is 95.4 Å². The molecule has 2 aromatic rings. The first-order valence-electron chi connectivity index (χ1n) is 7.94. The molecule has 0 aliphatic carbocycles. The van der Waals surface area contributed by atoms with Gasteiger partial charge in [0, 0.05) is 25.7 Å². The second-order valence-corrected chi connectivity index (χ2v) is 5.88. The summed E-state index contributed by atoms with van der Waals surface area (Å²) in [6, 6.07) is 7.82. The SMILES string of the molecule is O=C(NCC1CCCN(C(=O)c2cccc(=O)[nH]2)C1)c1ccco1. The molecule has 1 fully saturated rings. The van der Waals surface area contributed by atoms with Gasteiger partial charge in [0.25, 0.3) is 11.8 Å². The first-order valence-corrected chi connectivity index (χ1v) is 7.94. The Morgan fingerprint density at radius 3 is 2.92 bits per heavy atom. The van der Waals surface area contributed by atoms with Crippen LogP contribution in [0.5, 0.6) is 0 Å². The second kappa shape index (κ2) is 7.16. The molecule has 2 N–H and O–H groups in total. The van der Waals surface area contributed by atoms with Gasteiger partial charge in [0.15, 0.2) is 5.76 Å². The molecule has 1 atom stereocenters. The Morgan fingerprint density at radius 1 is 1.29 bits per heavy atom. The van der Waals surface area contributed by atoms with E-state index in [-0.39, 0.29) is 29.1 Å². The number of hydrogen-bond acceptors (Lipinski definition) is 4.